The second-order valence-corrected chi connectivity index (χ2v) is 9.28. The Morgan fingerprint density at radius 1 is 1.10 bits per heavy atom. The maximum Gasteiger partial charge on any atom is 0.192 e. The maximum absolute atomic E-state index is 6.00. The van der Waals surface area contributed by atoms with E-state index in [4.69, 9.17) is 11.6 Å². The van der Waals surface area contributed by atoms with Gasteiger partial charge in [0.15, 0.2) is 11.0 Å². The molecular weight excluding hydrogens is 424 g/mol. The largest absolute Gasteiger partial charge is 0.299 e. The van der Waals surface area contributed by atoms with E-state index >= 15 is 0 Å². The van der Waals surface area contributed by atoms with Crippen molar-refractivity contribution in [1.82, 2.24) is 19.7 Å². The first-order valence-electron chi connectivity index (χ1n) is 11.0. The molecule has 0 radical (unpaired) electrons. The topological polar surface area (TPSA) is 43.6 Å². The summed E-state index contributed by atoms with van der Waals surface area (Å²) in [4.78, 5) is 4.42. The number of unbranched alkanes of at least 4 members (excludes halogenated alkanes) is 4. The lowest BCUT2D eigenvalue weighted by Crippen LogP contribution is -2.00. The Morgan fingerprint density at radius 3 is 2.71 bits per heavy atom. The molecule has 2 aromatic heterocycles. The summed E-state index contributed by atoms with van der Waals surface area (Å²) in [6.45, 7) is 2.23. The highest BCUT2D eigenvalue weighted by molar-refractivity contribution is 7.98. The number of rotatable bonds is 9. The van der Waals surface area contributed by atoms with E-state index in [1.165, 1.54) is 37.7 Å². The van der Waals surface area contributed by atoms with Gasteiger partial charge in [0, 0.05) is 46.8 Å². The van der Waals surface area contributed by atoms with Crippen LogP contribution in [0, 0.1) is 11.8 Å². The molecule has 4 rings (SSSR count). The Labute approximate surface area is 193 Å². The van der Waals surface area contributed by atoms with Crippen LogP contribution in [-0.2, 0) is 5.75 Å². The molecule has 1 saturated carbocycles. The Morgan fingerprint density at radius 2 is 1.94 bits per heavy atom. The zero-order valence-corrected chi connectivity index (χ0v) is 19.4. The van der Waals surface area contributed by atoms with E-state index in [9.17, 15) is 0 Å². The smallest absolute Gasteiger partial charge is 0.192 e. The monoisotopic (exact) mass is 450 g/mol. The van der Waals surface area contributed by atoms with Gasteiger partial charge in [-0.2, -0.15) is 0 Å². The molecule has 6 heteroatoms. The van der Waals surface area contributed by atoms with Crippen LogP contribution in [0.15, 0.2) is 47.9 Å². The number of benzene rings is 1. The van der Waals surface area contributed by atoms with Crippen molar-refractivity contribution in [3.63, 3.8) is 0 Å². The van der Waals surface area contributed by atoms with Gasteiger partial charge in [-0.1, -0.05) is 73.5 Å². The second kappa shape index (κ2) is 10.8. The van der Waals surface area contributed by atoms with E-state index in [0.717, 1.165) is 45.7 Å². The Balaban J connectivity index is 1.48. The molecule has 0 atom stereocenters. The van der Waals surface area contributed by atoms with Crippen LogP contribution in [0.3, 0.4) is 0 Å². The number of hydrogen-bond donors (Lipinski definition) is 0. The van der Waals surface area contributed by atoms with Gasteiger partial charge < -0.3 is 0 Å². The quantitative estimate of drug-likeness (QED) is 0.201. The number of hydrogen-bond acceptors (Lipinski definition) is 4. The number of pyridine rings is 1. The first-order chi connectivity index (χ1) is 15.2. The molecule has 1 aromatic carbocycles. The fourth-order valence-electron chi connectivity index (χ4n) is 3.40. The molecule has 0 unspecified atom stereocenters. The van der Waals surface area contributed by atoms with Gasteiger partial charge in [0.05, 0.1) is 0 Å². The van der Waals surface area contributed by atoms with Crippen LogP contribution in [0.5, 0.6) is 0 Å². The van der Waals surface area contributed by atoms with Gasteiger partial charge in [0.25, 0.3) is 0 Å². The molecule has 160 valence electrons. The van der Waals surface area contributed by atoms with E-state index in [-0.39, 0.29) is 0 Å². The van der Waals surface area contributed by atoms with Crippen LogP contribution in [0.1, 0.15) is 69.0 Å². The summed E-state index contributed by atoms with van der Waals surface area (Å²) < 4.78 is 2.28. The molecule has 0 saturated heterocycles. The lowest BCUT2D eigenvalue weighted by Gasteiger charge is -2.09. The third-order valence-electron chi connectivity index (χ3n) is 5.24. The highest BCUT2D eigenvalue weighted by atomic mass is 35.5. The van der Waals surface area contributed by atoms with Gasteiger partial charge in [-0.25, -0.2) is 0 Å². The first kappa shape index (κ1) is 21.9. The standard InChI is InChI=1S/C25H27ClN4S/c1-2-3-4-5-6-7-8-20-15-21(17-27-16-20)24-28-29-25(30(24)23-13-14-23)31-18-19-9-11-22(26)12-10-19/h9-12,15-17,23H,2-6,13-14,18H2,1H3. The number of halogens is 1. The van der Waals surface area contributed by atoms with Crippen LogP contribution in [0.2, 0.25) is 5.02 Å². The first-order valence-corrected chi connectivity index (χ1v) is 12.4. The third-order valence-corrected chi connectivity index (χ3v) is 6.51. The average Bonchev–Trinajstić information content (AvgIpc) is 3.55. The second-order valence-electron chi connectivity index (χ2n) is 7.90. The van der Waals surface area contributed by atoms with Crippen molar-refractivity contribution in [2.24, 2.45) is 0 Å². The molecule has 0 amide bonds. The molecule has 4 nitrogen and oxygen atoms in total. The van der Waals surface area contributed by atoms with E-state index < -0.39 is 0 Å². The summed E-state index contributed by atoms with van der Waals surface area (Å²) in [5, 5.41) is 10.8. The fraction of sp³-hybridized carbons (Fsp3) is 0.400. The van der Waals surface area contributed by atoms with E-state index in [1.54, 1.807) is 11.8 Å². The molecular formula is C25H27ClN4S. The molecule has 3 aromatic rings. The lowest BCUT2D eigenvalue weighted by molar-refractivity contribution is 0.669. The predicted molar refractivity (Wildman–Crippen MR) is 128 cm³/mol. The molecule has 0 N–H and O–H groups in total. The molecule has 0 spiro atoms. The maximum atomic E-state index is 6.00. The van der Waals surface area contributed by atoms with Crippen LogP contribution < -0.4 is 0 Å². The van der Waals surface area contributed by atoms with Crippen LogP contribution in [-0.4, -0.2) is 19.7 Å². The van der Waals surface area contributed by atoms with Crippen molar-refractivity contribution < 1.29 is 0 Å². The van der Waals surface area contributed by atoms with Gasteiger partial charge in [0.2, 0.25) is 0 Å². The van der Waals surface area contributed by atoms with Gasteiger partial charge in [-0.05, 0) is 43.0 Å². The van der Waals surface area contributed by atoms with E-state index in [0.29, 0.717) is 6.04 Å². The average molecular weight is 451 g/mol. The van der Waals surface area contributed by atoms with E-state index in [1.807, 2.05) is 24.5 Å². The fourth-order valence-corrected chi connectivity index (χ4v) is 4.49. The van der Waals surface area contributed by atoms with Crippen LogP contribution in [0.4, 0.5) is 0 Å². The van der Waals surface area contributed by atoms with Gasteiger partial charge in [-0.3, -0.25) is 9.55 Å². The minimum Gasteiger partial charge on any atom is -0.299 e. The van der Waals surface area contributed by atoms with Crippen molar-refractivity contribution in [3.8, 4) is 23.2 Å². The van der Waals surface area contributed by atoms with Gasteiger partial charge in [0.1, 0.15) is 0 Å². The van der Waals surface area contributed by atoms with E-state index in [2.05, 4.69) is 56.7 Å². The molecule has 1 aliphatic carbocycles. The number of thioether (sulfide) groups is 1. The Kier molecular flexibility index (Phi) is 7.66. The number of nitrogens with zero attached hydrogens (tertiary/aromatic N) is 4. The van der Waals surface area contributed by atoms with Crippen molar-refractivity contribution in [2.45, 2.75) is 68.8 Å². The highest BCUT2D eigenvalue weighted by Crippen LogP contribution is 2.41. The van der Waals surface area contributed by atoms with Crippen LogP contribution in [0.25, 0.3) is 11.4 Å². The summed E-state index contributed by atoms with van der Waals surface area (Å²) in [7, 11) is 0. The zero-order valence-electron chi connectivity index (χ0n) is 17.9. The molecule has 0 aliphatic heterocycles. The molecule has 31 heavy (non-hydrogen) atoms. The minimum atomic E-state index is 0.478. The van der Waals surface area contributed by atoms with Gasteiger partial charge >= 0.3 is 0 Å². The Hall–Kier alpha value is -2.29. The molecule has 1 aliphatic rings. The van der Waals surface area contributed by atoms with Crippen LogP contribution >= 0.6 is 23.4 Å². The summed E-state index contributed by atoms with van der Waals surface area (Å²) in [6, 6.07) is 10.5. The summed E-state index contributed by atoms with van der Waals surface area (Å²) >= 11 is 7.71. The molecule has 0 bridgehead atoms. The Bertz CT molecular complexity index is 1060. The van der Waals surface area contributed by atoms with Crippen molar-refractivity contribution >= 4 is 23.4 Å². The van der Waals surface area contributed by atoms with Crippen molar-refractivity contribution in [1.29, 1.82) is 0 Å². The van der Waals surface area contributed by atoms with Gasteiger partial charge in [-0.15, -0.1) is 10.2 Å². The van der Waals surface area contributed by atoms with Crippen molar-refractivity contribution in [2.75, 3.05) is 0 Å². The summed E-state index contributed by atoms with van der Waals surface area (Å²) in [6.07, 6.45) is 11.9. The number of aromatic nitrogens is 4. The SMILES string of the molecule is CCCCCCC#Cc1cncc(-c2nnc(SCc3ccc(Cl)cc3)n2C2CC2)c1. The minimum absolute atomic E-state index is 0.478. The molecule has 2 heterocycles. The van der Waals surface area contributed by atoms with Crippen molar-refractivity contribution in [3.05, 3.63) is 58.9 Å². The summed E-state index contributed by atoms with van der Waals surface area (Å²) in [5.41, 5.74) is 3.14. The summed E-state index contributed by atoms with van der Waals surface area (Å²) in [5.74, 6) is 8.28. The zero-order chi connectivity index (χ0) is 21.5. The predicted octanol–water partition coefficient (Wildman–Crippen LogP) is 6.94. The molecule has 1 fully saturated rings. The third kappa shape index (κ3) is 6.12. The normalized spacial score (nSPS) is 13.1. The highest BCUT2D eigenvalue weighted by Gasteiger charge is 2.30. The lowest BCUT2D eigenvalue weighted by atomic mass is 10.1.